The molecule has 3 rings (SSSR count). The van der Waals surface area contributed by atoms with E-state index in [1.165, 1.54) is 29.3 Å². The van der Waals surface area contributed by atoms with Crippen molar-refractivity contribution < 1.29 is 0 Å². The quantitative estimate of drug-likeness (QED) is 0.791. The summed E-state index contributed by atoms with van der Waals surface area (Å²) in [5.74, 6) is 0. The van der Waals surface area contributed by atoms with Crippen molar-refractivity contribution in [3.8, 4) is 0 Å². The second-order valence-corrected chi connectivity index (χ2v) is 4.68. The first-order valence-electron chi connectivity index (χ1n) is 5.51. The van der Waals surface area contributed by atoms with Gasteiger partial charge in [0.25, 0.3) is 0 Å². The summed E-state index contributed by atoms with van der Waals surface area (Å²) in [6, 6.07) is 8.92. The average Bonchev–Trinajstić information content (AvgIpc) is 2.99. The highest BCUT2D eigenvalue weighted by molar-refractivity contribution is 5.81. The Balaban J connectivity index is 2.14. The van der Waals surface area contributed by atoms with Gasteiger partial charge in [0.05, 0.1) is 0 Å². The lowest BCUT2D eigenvalue weighted by Crippen LogP contribution is -2.19. The molecule has 2 heteroatoms. The summed E-state index contributed by atoms with van der Waals surface area (Å²) < 4.78 is 2.15. The van der Waals surface area contributed by atoms with E-state index in [0.717, 1.165) is 6.54 Å². The fraction of sp³-hybridized carbons (Fsp3) is 0.385. The van der Waals surface area contributed by atoms with Gasteiger partial charge in [-0.2, -0.15) is 0 Å². The summed E-state index contributed by atoms with van der Waals surface area (Å²) in [5.41, 5.74) is 8.87. The van der Waals surface area contributed by atoms with Crippen LogP contribution in [-0.2, 0) is 12.5 Å². The lowest BCUT2D eigenvalue weighted by molar-refractivity contribution is 0.706. The topological polar surface area (TPSA) is 30.9 Å². The van der Waals surface area contributed by atoms with Crippen LogP contribution in [0.1, 0.15) is 18.4 Å². The molecule has 0 saturated heterocycles. The highest BCUT2D eigenvalue weighted by atomic mass is 14.9. The van der Waals surface area contributed by atoms with Crippen molar-refractivity contribution in [1.82, 2.24) is 4.57 Å². The molecule has 1 fully saturated rings. The molecule has 1 saturated carbocycles. The van der Waals surface area contributed by atoms with E-state index >= 15 is 0 Å². The van der Waals surface area contributed by atoms with Gasteiger partial charge in [0, 0.05) is 30.7 Å². The number of rotatable bonds is 2. The summed E-state index contributed by atoms with van der Waals surface area (Å²) in [7, 11) is 2.08. The van der Waals surface area contributed by atoms with Crippen LogP contribution in [0, 0.1) is 0 Å². The van der Waals surface area contributed by atoms with E-state index in [2.05, 4.69) is 42.1 Å². The average molecular weight is 200 g/mol. The van der Waals surface area contributed by atoms with Crippen molar-refractivity contribution in [1.29, 1.82) is 0 Å². The minimum absolute atomic E-state index is 0.310. The molecule has 1 aromatic heterocycles. The molecule has 0 atom stereocenters. The molecular weight excluding hydrogens is 184 g/mol. The van der Waals surface area contributed by atoms with Gasteiger partial charge in [-0.1, -0.05) is 6.07 Å². The molecule has 1 aliphatic carbocycles. The lowest BCUT2D eigenvalue weighted by Gasteiger charge is -2.12. The summed E-state index contributed by atoms with van der Waals surface area (Å²) in [6.07, 6.45) is 4.61. The number of fused-ring (bicyclic) bond motifs is 1. The van der Waals surface area contributed by atoms with Crippen molar-refractivity contribution in [2.24, 2.45) is 12.8 Å². The van der Waals surface area contributed by atoms with Crippen LogP contribution in [0.25, 0.3) is 10.9 Å². The van der Waals surface area contributed by atoms with Crippen LogP contribution < -0.4 is 5.73 Å². The smallest absolute Gasteiger partial charge is 0.0477 e. The number of hydrogen-bond acceptors (Lipinski definition) is 1. The highest BCUT2D eigenvalue weighted by Crippen LogP contribution is 2.47. The zero-order chi connectivity index (χ0) is 10.5. The molecule has 2 N–H and O–H groups in total. The van der Waals surface area contributed by atoms with Crippen LogP contribution in [-0.4, -0.2) is 11.1 Å². The maximum atomic E-state index is 5.84. The summed E-state index contributed by atoms with van der Waals surface area (Å²) in [4.78, 5) is 0. The Morgan fingerprint density at radius 3 is 2.80 bits per heavy atom. The summed E-state index contributed by atoms with van der Waals surface area (Å²) >= 11 is 0. The fourth-order valence-corrected chi connectivity index (χ4v) is 2.37. The molecule has 1 heterocycles. The minimum Gasteiger partial charge on any atom is -0.351 e. The van der Waals surface area contributed by atoms with Crippen molar-refractivity contribution in [2.45, 2.75) is 18.3 Å². The molecular formula is C13H16N2. The van der Waals surface area contributed by atoms with Crippen molar-refractivity contribution in [2.75, 3.05) is 6.54 Å². The molecule has 0 radical (unpaired) electrons. The second kappa shape index (κ2) is 2.86. The minimum atomic E-state index is 0.310. The first kappa shape index (κ1) is 8.98. The molecule has 0 unspecified atom stereocenters. The number of nitrogens with two attached hydrogens (primary N) is 1. The predicted octanol–water partition coefficient (Wildman–Crippen LogP) is 2.17. The van der Waals surface area contributed by atoms with E-state index < -0.39 is 0 Å². The Morgan fingerprint density at radius 2 is 2.13 bits per heavy atom. The van der Waals surface area contributed by atoms with Crippen LogP contribution in [0.5, 0.6) is 0 Å². The molecule has 1 aromatic carbocycles. The van der Waals surface area contributed by atoms with Gasteiger partial charge in [-0.3, -0.25) is 0 Å². The van der Waals surface area contributed by atoms with Gasteiger partial charge in [-0.05, 0) is 42.0 Å². The van der Waals surface area contributed by atoms with Gasteiger partial charge < -0.3 is 10.3 Å². The van der Waals surface area contributed by atoms with E-state index in [0.29, 0.717) is 5.41 Å². The van der Waals surface area contributed by atoms with Gasteiger partial charge in [0.1, 0.15) is 0 Å². The second-order valence-electron chi connectivity index (χ2n) is 4.68. The molecule has 1 aliphatic rings. The maximum Gasteiger partial charge on any atom is 0.0477 e. The number of nitrogens with zero attached hydrogens (tertiary/aromatic N) is 1. The fourth-order valence-electron chi connectivity index (χ4n) is 2.37. The Morgan fingerprint density at radius 1 is 1.33 bits per heavy atom. The molecule has 78 valence electrons. The van der Waals surface area contributed by atoms with E-state index in [9.17, 15) is 0 Å². The van der Waals surface area contributed by atoms with Crippen LogP contribution in [0.15, 0.2) is 30.5 Å². The first-order valence-corrected chi connectivity index (χ1v) is 5.51. The number of benzene rings is 1. The first-order chi connectivity index (χ1) is 7.25. The third-order valence-electron chi connectivity index (χ3n) is 3.74. The summed E-state index contributed by atoms with van der Waals surface area (Å²) in [5, 5.41) is 1.33. The van der Waals surface area contributed by atoms with Crippen molar-refractivity contribution in [3.63, 3.8) is 0 Å². The molecule has 0 aliphatic heterocycles. The van der Waals surface area contributed by atoms with Gasteiger partial charge >= 0.3 is 0 Å². The zero-order valence-electron chi connectivity index (χ0n) is 9.03. The van der Waals surface area contributed by atoms with E-state index in [1.54, 1.807) is 0 Å². The van der Waals surface area contributed by atoms with Crippen LogP contribution >= 0.6 is 0 Å². The Hall–Kier alpha value is -1.28. The monoisotopic (exact) mass is 200 g/mol. The molecule has 0 bridgehead atoms. The summed E-state index contributed by atoms with van der Waals surface area (Å²) in [6.45, 7) is 0.783. The third-order valence-corrected chi connectivity index (χ3v) is 3.74. The number of aryl methyl sites for hydroxylation is 1. The Kier molecular flexibility index (Phi) is 1.71. The van der Waals surface area contributed by atoms with Crippen molar-refractivity contribution in [3.05, 3.63) is 36.0 Å². The maximum absolute atomic E-state index is 5.84. The Bertz CT molecular complexity index is 506. The number of aromatic nitrogens is 1. The normalized spacial score (nSPS) is 18.3. The molecule has 0 amide bonds. The number of hydrogen-bond donors (Lipinski definition) is 1. The van der Waals surface area contributed by atoms with Gasteiger partial charge in [-0.15, -0.1) is 0 Å². The van der Waals surface area contributed by atoms with Gasteiger partial charge in [0.2, 0.25) is 0 Å². The molecule has 0 spiro atoms. The van der Waals surface area contributed by atoms with Crippen LogP contribution in [0.2, 0.25) is 0 Å². The standard InChI is InChI=1S/C13H16N2/c1-15-7-4-10-8-11(2-3-12(10)15)13(9-14)5-6-13/h2-4,7-8H,5-6,9,14H2,1H3. The molecule has 2 nitrogen and oxygen atoms in total. The molecule has 15 heavy (non-hydrogen) atoms. The molecule has 2 aromatic rings. The SMILES string of the molecule is Cn1ccc2cc(C3(CN)CC3)ccc21. The Labute approximate surface area is 89.7 Å². The van der Waals surface area contributed by atoms with Gasteiger partial charge in [-0.25, -0.2) is 0 Å². The van der Waals surface area contributed by atoms with E-state index in [-0.39, 0.29) is 0 Å². The van der Waals surface area contributed by atoms with Gasteiger partial charge in [0.15, 0.2) is 0 Å². The van der Waals surface area contributed by atoms with E-state index in [4.69, 9.17) is 5.73 Å². The van der Waals surface area contributed by atoms with Crippen LogP contribution in [0.3, 0.4) is 0 Å². The zero-order valence-corrected chi connectivity index (χ0v) is 9.03. The lowest BCUT2D eigenvalue weighted by atomic mass is 9.95. The highest BCUT2D eigenvalue weighted by Gasteiger charge is 2.42. The van der Waals surface area contributed by atoms with Crippen molar-refractivity contribution >= 4 is 10.9 Å². The van der Waals surface area contributed by atoms with E-state index in [1.807, 2.05) is 0 Å². The predicted molar refractivity (Wildman–Crippen MR) is 62.9 cm³/mol. The third kappa shape index (κ3) is 1.21. The largest absolute Gasteiger partial charge is 0.351 e. The van der Waals surface area contributed by atoms with Crippen LogP contribution in [0.4, 0.5) is 0 Å².